The molecule has 0 atom stereocenters. The first kappa shape index (κ1) is 10.4. The lowest BCUT2D eigenvalue weighted by Crippen LogP contribution is -2.16. The Kier molecular flexibility index (Phi) is 3.88. The van der Waals surface area contributed by atoms with Crippen molar-refractivity contribution in [3.05, 3.63) is 0 Å². The van der Waals surface area contributed by atoms with E-state index >= 15 is 0 Å². The van der Waals surface area contributed by atoms with Gasteiger partial charge >= 0.3 is 0 Å². The fourth-order valence-corrected chi connectivity index (χ4v) is 3.98. The van der Waals surface area contributed by atoms with Gasteiger partial charge in [0, 0.05) is 13.9 Å². The number of hydrogen-bond acceptors (Lipinski definition) is 0. The maximum absolute atomic E-state index is 2.50. The summed E-state index contributed by atoms with van der Waals surface area (Å²) in [6, 6.07) is 0. The van der Waals surface area contributed by atoms with Crippen molar-refractivity contribution in [1.29, 1.82) is 0 Å². The van der Waals surface area contributed by atoms with Gasteiger partial charge < -0.3 is 0 Å². The van der Waals surface area contributed by atoms with E-state index in [1.54, 1.807) is 0 Å². The Balaban J connectivity index is 4.23. The Bertz CT molecular complexity index is 86.9. The van der Waals surface area contributed by atoms with E-state index in [4.69, 9.17) is 0 Å². The zero-order chi connectivity index (χ0) is 8.36. The molecule has 0 saturated heterocycles. The van der Waals surface area contributed by atoms with Gasteiger partial charge in [-0.3, -0.25) is 0 Å². The SMILES string of the molecule is CC[P+](C)(C(C)C)C(C)C. The second-order valence-corrected chi connectivity index (χ2v) is 9.24. The zero-order valence-electron chi connectivity index (χ0n) is 8.31. The third-order valence-corrected chi connectivity index (χ3v) is 9.12. The molecular formula is C9H22P+. The molecule has 0 aliphatic heterocycles. The molecule has 62 valence electrons. The minimum Gasteiger partial charge on any atom is -0.0311 e. The highest BCUT2D eigenvalue weighted by Gasteiger charge is 2.36. The van der Waals surface area contributed by atoms with Gasteiger partial charge in [0.1, 0.15) is 0 Å². The van der Waals surface area contributed by atoms with Crippen molar-refractivity contribution in [2.75, 3.05) is 12.8 Å². The second kappa shape index (κ2) is 3.72. The maximum Gasteiger partial charge on any atom is 0.0641 e. The van der Waals surface area contributed by atoms with Crippen molar-refractivity contribution in [3.8, 4) is 0 Å². The quantitative estimate of drug-likeness (QED) is 0.556. The van der Waals surface area contributed by atoms with Gasteiger partial charge in [-0.05, 0) is 34.6 Å². The Labute approximate surface area is 66.7 Å². The minimum atomic E-state index is -0.594. The van der Waals surface area contributed by atoms with E-state index in [2.05, 4.69) is 41.3 Å². The normalized spacial score (nSPS) is 13.2. The molecule has 0 bridgehead atoms. The van der Waals surface area contributed by atoms with Crippen LogP contribution in [0.1, 0.15) is 34.6 Å². The van der Waals surface area contributed by atoms with Crippen LogP contribution in [0, 0.1) is 0 Å². The van der Waals surface area contributed by atoms with Crippen molar-refractivity contribution >= 4 is 7.26 Å². The summed E-state index contributed by atoms with van der Waals surface area (Å²) >= 11 is 0. The Hall–Kier alpha value is 0.430. The van der Waals surface area contributed by atoms with Gasteiger partial charge in [-0.15, -0.1) is 0 Å². The largest absolute Gasteiger partial charge is 0.0641 e. The molecule has 0 saturated carbocycles. The summed E-state index contributed by atoms with van der Waals surface area (Å²) in [7, 11) is -0.594. The van der Waals surface area contributed by atoms with Crippen LogP contribution in [0.4, 0.5) is 0 Å². The average Bonchev–Trinajstić information content (AvgIpc) is 1.85. The van der Waals surface area contributed by atoms with Crippen molar-refractivity contribution in [2.45, 2.75) is 45.9 Å². The van der Waals surface area contributed by atoms with Crippen LogP contribution in [0.3, 0.4) is 0 Å². The maximum atomic E-state index is 2.50. The van der Waals surface area contributed by atoms with Crippen LogP contribution in [0.2, 0.25) is 0 Å². The molecule has 0 heterocycles. The highest BCUT2D eigenvalue weighted by Crippen LogP contribution is 2.62. The van der Waals surface area contributed by atoms with Crippen LogP contribution in [0.15, 0.2) is 0 Å². The van der Waals surface area contributed by atoms with Crippen LogP contribution >= 0.6 is 7.26 Å². The third kappa shape index (κ3) is 1.95. The van der Waals surface area contributed by atoms with Crippen LogP contribution < -0.4 is 0 Å². The predicted molar refractivity (Wildman–Crippen MR) is 53.7 cm³/mol. The van der Waals surface area contributed by atoms with Gasteiger partial charge in [-0.25, -0.2) is 0 Å². The van der Waals surface area contributed by atoms with Crippen molar-refractivity contribution < 1.29 is 0 Å². The van der Waals surface area contributed by atoms with E-state index in [0.717, 1.165) is 11.3 Å². The molecule has 0 aromatic rings. The summed E-state index contributed by atoms with van der Waals surface area (Å²) in [5.74, 6) is 0. The van der Waals surface area contributed by atoms with E-state index in [0.29, 0.717) is 0 Å². The molecule has 0 aromatic carbocycles. The average molecular weight is 161 g/mol. The standard InChI is InChI=1S/C9H22P/c1-7-10(6,8(2)3)9(4)5/h8-9H,7H2,1-6H3/q+1. The Morgan fingerprint density at radius 2 is 1.30 bits per heavy atom. The topological polar surface area (TPSA) is 0 Å². The summed E-state index contributed by atoms with van der Waals surface area (Å²) in [6.07, 6.45) is 1.41. The van der Waals surface area contributed by atoms with Gasteiger partial charge in [0.05, 0.1) is 17.5 Å². The lowest BCUT2D eigenvalue weighted by atomic mass is 10.5. The molecule has 0 aliphatic carbocycles. The zero-order valence-corrected chi connectivity index (χ0v) is 9.20. The monoisotopic (exact) mass is 161 g/mol. The van der Waals surface area contributed by atoms with Crippen LogP contribution in [-0.2, 0) is 0 Å². The predicted octanol–water partition coefficient (Wildman–Crippen LogP) is 3.47. The Morgan fingerprint density at radius 3 is 1.30 bits per heavy atom. The highest BCUT2D eigenvalue weighted by atomic mass is 31.2. The molecule has 10 heavy (non-hydrogen) atoms. The first-order chi connectivity index (χ1) is 4.45. The fraction of sp³-hybridized carbons (Fsp3) is 1.00. The molecule has 0 rings (SSSR count). The number of hydrogen-bond donors (Lipinski definition) is 0. The molecular weight excluding hydrogens is 139 g/mol. The van der Waals surface area contributed by atoms with Gasteiger partial charge in [0.25, 0.3) is 0 Å². The van der Waals surface area contributed by atoms with Gasteiger partial charge in [-0.2, -0.15) is 0 Å². The summed E-state index contributed by atoms with van der Waals surface area (Å²) in [5.41, 5.74) is 1.83. The first-order valence-electron chi connectivity index (χ1n) is 4.30. The van der Waals surface area contributed by atoms with E-state index in [9.17, 15) is 0 Å². The Morgan fingerprint density at radius 1 is 1.00 bits per heavy atom. The lowest BCUT2D eigenvalue weighted by Gasteiger charge is -2.29. The molecule has 0 unspecified atom stereocenters. The summed E-state index contributed by atoms with van der Waals surface area (Å²) < 4.78 is 0. The molecule has 0 N–H and O–H groups in total. The smallest absolute Gasteiger partial charge is 0.0311 e. The lowest BCUT2D eigenvalue weighted by molar-refractivity contribution is 0.977. The van der Waals surface area contributed by atoms with Crippen molar-refractivity contribution in [1.82, 2.24) is 0 Å². The fourth-order valence-electron chi connectivity index (χ4n) is 1.33. The molecule has 0 fully saturated rings. The number of rotatable bonds is 3. The molecule has 0 aliphatic rings. The molecule has 1 heteroatoms. The van der Waals surface area contributed by atoms with Crippen LogP contribution in [0.25, 0.3) is 0 Å². The molecule has 0 spiro atoms. The highest BCUT2D eigenvalue weighted by molar-refractivity contribution is 7.76. The minimum absolute atomic E-state index is 0.594. The van der Waals surface area contributed by atoms with E-state index in [1.807, 2.05) is 0 Å². The van der Waals surface area contributed by atoms with Gasteiger partial charge in [-0.1, -0.05) is 0 Å². The van der Waals surface area contributed by atoms with Crippen LogP contribution in [0.5, 0.6) is 0 Å². The molecule has 0 amide bonds. The molecule has 0 aromatic heterocycles. The molecule has 0 radical (unpaired) electrons. The van der Waals surface area contributed by atoms with E-state index in [-0.39, 0.29) is 0 Å². The first-order valence-corrected chi connectivity index (χ1v) is 6.86. The van der Waals surface area contributed by atoms with Crippen molar-refractivity contribution in [3.63, 3.8) is 0 Å². The van der Waals surface area contributed by atoms with Gasteiger partial charge in [0.2, 0.25) is 0 Å². The summed E-state index contributed by atoms with van der Waals surface area (Å²) in [5, 5.41) is 0. The summed E-state index contributed by atoms with van der Waals surface area (Å²) in [6.45, 7) is 14.3. The molecule has 0 nitrogen and oxygen atoms in total. The van der Waals surface area contributed by atoms with Crippen LogP contribution in [-0.4, -0.2) is 24.1 Å². The van der Waals surface area contributed by atoms with E-state index in [1.165, 1.54) is 6.16 Å². The second-order valence-electron chi connectivity index (χ2n) is 3.85. The van der Waals surface area contributed by atoms with E-state index < -0.39 is 7.26 Å². The summed E-state index contributed by atoms with van der Waals surface area (Å²) in [4.78, 5) is 0. The third-order valence-electron chi connectivity index (χ3n) is 3.04. The van der Waals surface area contributed by atoms with Gasteiger partial charge in [0.15, 0.2) is 0 Å². The van der Waals surface area contributed by atoms with Crippen molar-refractivity contribution in [2.24, 2.45) is 0 Å².